The molecule has 1 aromatic heterocycles. The number of carboxylic acids is 1. The fraction of sp³-hybridized carbons (Fsp3) is 0.438. The van der Waals surface area contributed by atoms with Gasteiger partial charge in [0.1, 0.15) is 11.6 Å². The van der Waals surface area contributed by atoms with Crippen molar-refractivity contribution in [1.82, 2.24) is 14.8 Å². The van der Waals surface area contributed by atoms with E-state index in [4.69, 9.17) is 9.84 Å². The molecular formula is C16H21N3O3S. The smallest absolute Gasteiger partial charge is 0.335 e. The summed E-state index contributed by atoms with van der Waals surface area (Å²) in [5, 5.41) is 18.3. The van der Waals surface area contributed by atoms with Gasteiger partial charge in [-0.15, -0.1) is 10.2 Å². The number of aromatic carboxylic acids is 1. The first-order valence-corrected chi connectivity index (χ1v) is 8.53. The molecule has 0 amide bonds. The van der Waals surface area contributed by atoms with Crippen molar-refractivity contribution in [2.45, 2.75) is 38.4 Å². The van der Waals surface area contributed by atoms with Crippen LogP contribution in [0.5, 0.6) is 5.75 Å². The third kappa shape index (κ3) is 4.48. The lowest BCUT2D eigenvalue weighted by Crippen LogP contribution is -2.06. The summed E-state index contributed by atoms with van der Waals surface area (Å²) in [6, 6.07) is 6.50. The zero-order valence-corrected chi connectivity index (χ0v) is 14.3. The van der Waals surface area contributed by atoms with Gasteiger partial charge in [0.25, 0.3) is 0 Å². The second-order valence-corrected chi connectivity index (χ2v) is 6.33. The Labute approximate surface area is 139 Å². The Bertz CT molecular complexity index is 670. The molecule has 1 N–H and O–H groups in total. The highest BCUT2D eigenvalue weighted by Crippen LogP contribution is 2.21. The lowest BCUT2D eigenvalue weighted by molar-refractivity contribution is 0.0696. The summed E-state index contributed by atoms with van der Waals surface area (Å²) in [5.41, 5.74) is 0.224. The van der Waals surface area contributed by atoms with Crippen molar-refractivity contribution in [3.8, 4) is 5.75 Å². The van der Waals surface area contributed by atoms with Crippen LogP contribution in [0.4, 0.5) is 0 Å². The number of thioether (sulfide) groups is 1. The van der Waals surface area contributed by atoms with Crippen LogP contribution in [-0.2, 0) is 6.54 Å². The van der Waals surface area contributed by atoms with Crippen molar-refractivity contribution in [3.05, 3.63) is 35.7 Å². The first-order valence-electron chi connectivity index (χ1n) is 7.55. The van der Waals surface area contributed by atoms with Crippen molar-refractivity contribution in [1.29, 1.82) is 0 Å². The van der Waals surface area contributed by atoms with Gasteiger partial charge in [-0.1, -0.05) is 31.7 Å². The molecule has 23 heavy (non-hydrogen) atoms. The fourth-order valence-corrected chi connectivity index (χ4v) is 2.97. The number of benzene rings is 1. The van der Waals surface area contributed by atoms with E-state index in [2.05, 4.69) is 35.5 Å². The van der Waals surface area contributed by atoms with Crippen LogP contribution in [0.25, 0.3) is 0 Å². The second kappa shape index (κ2) is 8.01. The highest BCUT2D eigenvalue weighted by atomic mass is 32.2. The lowest BCUT2D eigenvalue weighted by atomic mass is 10.2. The first kappa shape index (κ1) is 17.3. The normalized spacial score (nSPS) is 11.0. The zero-order chi connectivity index (χ0) is 16.8. The minimum Gasteiger partial charge on any atom is -0.493 e. The standard InChI is InChI=1S/C16H21N3O3S/c1-4-19-14(11(2)3)17-18-16(19)23-9-8-22-13-7-5-6-12(10-13)15(20)21/h5-7,10-11H,4,8-9H2,1-3H3,(H,20,21). The third-order valence-corrected chi connectivity index (χ3v) is 4.17. The number of aromatic nitrogens is 3. The van der Waals surface area contributed by atoms with Gasteiger partial charge in [-0.3, -0.25) is 0 Å². The Balaban J connectivity index is 1.88. The van der Waals surface area contributed by atoms with Gasteiger partial charge in [-0.25, -0.2) is 4.79 Å². The third-order valence-electron chi connectivity index (χ3n) is 3.24. The number of ether oxygens (including phenoxy) is 1. The molecule has 1 heterocycles. The van der Waals surface area contributed by atoms with E-state index in [1.807, 2.05) is 0 Å². The lowest BCUT2D eigenvalue weighted by Gasteiger charge is -2.09. The number of rotatable bonds is 8. The van der Waals surface area contributed by atoms with E-state index in [0.29, 0.717) is 24.0 Å². The van der Waals surface area contributed by atoms with Crippen LogP contribution in [0.1, 0.15) is 42.9 Å². The monoisotopic (exact) mass is 335 g/mol. The molecule has 0 unspecified atom stereocenters. The quantitative estimate of drug-likeness (QED) is 0.589. The van der Waals surface area contributed by atoms with E-state index in [1.54, 1.807) is 30.0 Å². The van der Waals surface area contributed by atoms with Crippen LogP contribution in [0, 0.1) is 0 Å². The number of hydrogen-bond acceptors (Lipinski definition) is 5. The summed E-state index contributed by atoms with van der Waals surface area (Å²) in [5.74, 6) is 1.65. The molecular weight excluding hydrogens is 314 g/mol. The minimum atomic E-state index is -0.956. The topological polar surface area (TPSA) is 77.2 Å². The summed E-state index contributed by atoms with van der Waals surface area (Å²) in [6.45, 7) is 7.59. The van der Waals surface area contributed by atoms with Crippen LogP contribution >= 0.6 is 11.8 Å². The molecule has 6 nitrogen and oxygen atoms in total. The van der Waals surface area contributed by atoms with Gasteiger partial charge < -0.3 is 14.4 Å². The molecule has 7 heteroatoms. The average Bonchev–Trinajstić information content (AvgIpc) is 2.95. The Hall–Kier alpha value is -2.02. The maximum Gasteiger partial charge on any atom is 0.335 e. The molecule has 0 atom stereocenters. The molecule has 0 fully saturated rings. The van der Waals surface area contributed by atoms with Crippen LogP contribution in [0.2, 0.25) is 0 Å². The zero-order valence-electron chi connectivity index (χ0n) is 13.5. The highest BCUT2D eigenvalue weighted by molar-refractivity contribution is 7.99. The maximum absolute atomic E-state index is 10.9. The summed E-state index contributed by atoms with van der Waals surface area (Å²) >= 11 is 1.59. The second-order valence-electron chi connectivity index (χ2n) is 5.27. The average molecular weight is 335 g/mol. The molecule has 1 aromatic carbocycles. The van der Waals surface area contributed by atoms with Crippen molar-refractivity contribution < 1.29 is 14.6 Å². The van der Waals surface area contributed by atoms with Gasteiger partial charge in [0.15, 0.2) is 5.16 Å². The van der Waals surface area contributed by atoms with E-state index in [-0.39, 0.29) is 5.56 Å². The summed E-state index contributed by atoms with van der Waals surface area (Å²) in [6.07, 6.45) is 0. The molecule has 0 aliphatic rings. The van der Waals surface area contributed by atoms with Gasteiger partial charge in [0.2, 0.25) is 0 Å². The molecule has 0 aliphatic heterocycles. The number of hydrogen-bond donors (Lipinski definition) is 1. The predicted octanol–water partition coefficient (Wildman–Crippen LogP) is 3.29. The van der Waals surface area contributed by atoms with Crippen molar-refractivity contribution >= 4 is 17.7 Å². The van der Waals surface area contributed by atoms with Crippen molar-refractivity contribution in [3.63, 3.8) is 0 Å². The Morgan fingerprint density at radius 2 is 2.17 bits per heavy atom. The largest absolute Gasteiger partial charge is 0.493 e. The van der Waals surface area contributed by atoms with Gasteiger partial charge in [-0.05, 0) is 25.1 Å². The number of carboxylic acid groups (broad SMARTS) is 1. The van der Waals surface area contributed by atoms with E-state index in [9.17, 15) is 4.79 Å². The van der Waals surface area contributed by atoms with Crippen LogP contribution in [0.15, 0.2) is 29.4 Å². The summed E-state index contributed by atoms with van der Waals surface area (Å²) in [7, 11) is 0. The van der Waals surface area contributed by atoms with E-state index in [1.165, 1.54) is 6.07 Å². The van der Waals surface area contributed by atoms with Crippen molar-refractivity contribution in [2.75, 3.05) is 12.4 Å². The van der Waals surface area contributed by atoms with Crippen molar-refractivity contribution in [2.24, 2.45) is 0 Å². The molecule has 0 spiro atoms. The van der Waals surface area contributed by atoms with E-state index in [0.717, 1.165) is 17.5 Å². The molecule has 0 radical (unpaired) electrons. The number of carbonyl (C=O) groups is 1. The van der Waals surface area contributed by atoms with Gasteiger partial charge in [0, 0.05) is 18.2 Å². The predicted molar refractivity (Wildman–Crippen MR) is 89.4 cm³/mol. The number of nitrogens with zero attached hydrogens (tertiary/aromatic N) is 3. The van der Waals surface area contributed by atoms with Gasteiger partial charge in [0.05, 0.1) is 12.2 Å². The SMILES string of the molecule is CCn1c(SCCOc2cccc(C(=O)O)c2)nnc1C(C)C. The molecule has 0 bridgehead atoms. The first-order chi connectivity index (χ1) is 11.0. The molecule has 2 aromatic rings. The molecule has 124 valence electrons. The minimum absolute atomic E-state index is 0.224. The van der Waals surface area contributed by atoms with Gasteiger partial charge >= 0.3 is 5.97 Å². The molecule has 0 saturated carbocycles. The Morgan fingerprint density at radius 3 is 2.83 bits per heavy atom. The van der Waals surface area contributed by atoms with E-state index < -0.39 is 5.97 Å². The molecule has 0 saturated heterocycles. The maximum atomic E-state index is 10.9. The Morgan fingerprint density at radius 1 is 1.39 bits per heavy atom. The highest BCUT2D eigenvalue weighted by Gasteiger charge is 2.13. The molecule has 0 aliphatic carbocycles. The fourth-order valence-electron chi connectivity index (χ4n) is 2.14. The van der Waals surface area contributed by atoms with Crippen LogP contribution < -0.4 is 4.74 Å². The van der Waals surface area contributed by atoms with Crippen LogP contribution in [0.3, 0.4) is 0 Å². The van der Waals surface area contributed by atoms with Gasteiger partial charge in [-0.2, -0.15) is 0 Å². The summed E-state index contributed by atoms with van der Waals surface area (Å²) < 4.78 is 7.72. The summed E-state index contributed by atoms with van der Waals surface area (Å²) in [4.78, 5) is 10.9. The van der Waals surface area contributed by atoms with Crippen LogP contribution in [-0.4, -0.2) is 38.2 Å². The van der Waals surface area contributed by atoms with E-state index >= 15 is 0 Å². The Kier molecular flexibility index (Phi) is 6.04. The molecule has 2 rings (SSSR count).